The van der Waals surface area contributed by atoms with Crippen molar-refractivity contribution in [2.45, 2.75) is 20.4 Å². The van der Waals surface area contributed by atoms with Crippen molar-refractivity contribution in [2.24, 2.45) is 0 Å². The van der Waals surface area contributed by atoms with E-state index in [2.05, 4.69) is 15.5 Å². The molecule has 84 valence electrons. The lowest BCUT2D eigenvalue weighted by Gasteiger charge is -2.13. The summed E-state index contributed by atoms with van der Waals surface area (Å²) in [7, 11) is 1.77. The van der Waals surface area contributed by atoms with Crippen molar-refractivity contribution in [1.29, 1.82) is 0 Å². The lowest BCUT2D eigenvalue weighted by Crippen LogP contribution is -2.35. The van der Waals surface area contributed by atoms with Crippen LogP contribution in [0.5, 0.6) is 0 Å². The predicted octanol–water partition coefficient (Wildman–Crippen LogP) is -0.0541. The molecule has 0 spiro atoms. The average Bonchev–Trinajstić information content (AvgIpc) is 2.63. The van der Waals surface area contributed by atoms with E-state index in [9.17, 15) is 4.79 Å². The van der Waals surface area contributed by atoms with E-state index in [1.54, 1.807) is 18.9 Å². The van der Waals surface area contributed by atoms with Gasteiger partial charge in [0.2, 0.25) is 11.8 Å². The van der Waals surface area contributed by atoms with Crippen LogP contribution in [0.2, 0.25) is 0 Å². The Bertz CT molecular complexity index is 324. The van der Waals surface area contributed by atoms with Gasteiger partial charge in [-0.1, -0.05) is 5.16 Å². The van der Waals surface area contributed by atoms with Crippen molar-refractivity contribution < 1.29 is 9.32 Å². The Labute approximate surface area is 88.6 Å². The summed E-state index contributed by atoms with van der Waals surface area (Å²) in [5, 5.41) is 6.66. The van der Waals surface area contributed by atoms with E-state index in [0.717, 1.165) is 0 Å². The van der Waals surface area contributed by atoms with Crippen molar-refractivity contribution in [2.75, 3.05) is 20.1 Å². The van der Waals surface area contributed by atoms with Crippen LogP contribution in [-0.2, 0) is 11.3 Å². The molecule has 0 fully saturated rings. The fourth-order valence-corrected chi connectivity index (χ4v) is 1.01. The number of aromatic nitrogens is 2. The molecule has 0 saturated carbocycles. The molecule has 1 heterocycles. The van der Waals surface area contributed by atoms with E-state index in [0.29, 0.717) is 24.8 Å². The SMILES string of the molecule is CCN(C)C(=O)CNCc1noc(C)n1. The zero-order valence-electron chi connectivity index (χ0n) is 9.28. The highest BCUT2D eigenvalue weighted by molar-refractivity contribution is 5.77. The summed E-state index contributed by atoms with van der Waals surface area (Å²) < 4.78 is 4.79. The summed E-state index contributed by atoms with van der Waals surface area (Å²) in [4.78, 5) is 17.0. The molecule has 1 N–H and O–H groups in total. The summed E-state index contributed by atoms with van der Waals surface area (Å²) in [6.45, 7) is 5.10. The van der Waals surface area contributed by atoms with Crippen LogP contribution < -0.4 is 5.32 Å². The van der Waals surface area contributed by atoms with Crippen LogP contribution in [0.1, 0.15) is 18.6 Å². The van der Waals surface area contributed by atoms with Gasteiger partial charge in [-0.3, -0.25) is 4.79 Å². The number of likely N-dealkylation sites (N-methyl/N-ethyl adjacent to an activating group) is 1. The number of carbonyl (C=O) groups excluding carboxylic acids is 1. The fourth-order valence-electron chi connectivity index (χ4n) is 1.01. The largest absolute Gasteiger partial charge is 0.345 e. The first-order valence-corrected chi connectivity index (χ1v) is 4.87. The highest BCUT2D eigenvalue weighted by atomic mass is 16.5. The van der Waals surface area contributed by atoms with Gasteiger partial charge in [0.1, 0.15) is 0 Å². The molecule has 0 aliphatic rings. The monoisotopic (exact) mass is 212 g/mol. The van der Waals surface area contributed by atoms with Gasteiger partial charge in [0, 0.05) is 20.5 Å². The van der Waals surface area contributed by atoms with E-state index < -0.39 is 0 Å². The maximum Gasteiger partial charge on any atom is 0.236 e. The molecular formula is C9H16N4O2. The number of aryl methyl sites for hydroxylation is 1. The summed E-state index contributed by atoms with van der Waals surface area (Å²) in [5.74, 6) is 1.15. The van der Waals surface area contributed by atoms with Gasteiger partial charge in [-0.25, -0.2) is 0 Å². The standard InChI is InChI=1S/C9H16N4O2/c1-4-13(3)9(14)6-10-5-8-11-7(2)15-12-8/h10H,4-6H2,1-3H3. The van der Waals surface area contributed by atoms with Gasteiger partial charge in [-0.05, 0) is 6.92 Å². The van der Waals surface area contributed by atoms with Gasteiger partial charge >= 0.3 is 0 Å². The highest BCUT2D eigenvalue weighted by Gasteiger charge is 2.06. The van der Waals surface area contributed by atoms with Crippen molar-refractivity contribution in [3.8, 4) is 0 Å². The molecule has 0 atom stereocenters. The van der Waals surface area contributed by atoms with Crippen LogP contribution in [-0.4, -0.2) is 41.1 Å². The molecule has 6 nitrogen and oxygen atoms in total. The molecule has 1 rings (SSSR count). The Balaban J connectivity index is 2.24. The fraction of sp³-hybridized carbons (Fsp3) is 0.667. The third-order valence-corrected chi connectivity index (χ3v) is 2.03. The van der Waals surface area contributed by atoms with Crippen molar-refractivity contribution >= 4 is 5.91 Å². The lowest BCUT2D eigenvalue weighted by molar-refractivity contribution is -0.128. The van der Waals surface area contributed by atoms with Crippen molar-refractivity contribution in [3.63, 3.8) is 0 Å². The minimum atomic E-state index is 0.0534. The number of nitrogens with one attached hydrogen (secondary N) is 1. The second kappa shape index (κ2) is 5.45. The average molecular weight is 212 g/mol. The van der Waals surface area contributed by atoms with E-state index in [4.69, 9.17) is 4.52 Å². The molecule has 0 aliphatic heterocycles. The molecule has 1 amide bonds. The Morgan fingerprint density at radius 2 is 2.33 bits per heavy atom. The minimum Gasteiger partial charge on any atom is -0.345 e. The summed E-state index contributed by atoms with van der Waals surface area (Å²) >= 11 is 0. The first-order valence-electron chi connectivity index (χ1n) is 4.87. The highest BCUT2D eigenvalue weighted by Crippen LogP contribution is 1.93. The van der Waals surface area contributed by atoms with Gasteiger partial charge in [0.25, 0.3) is 0 Å². The molecule has 6 heteroatoms. The normalized spacial score (nSPS) is 10.3. The van der Waals surface area contributed by atoms with Crippen molar-refractivity contribution in [1.82, 2.24) is 20.4 Å². The quantitative estimate of drug-likeness (QED) is 0.740. The van der Waals surface area contributed by atoms with Crippen molar-refractivity contribution in [3.05, 3.63) is 11.7 Å². The number of hydrogen-bond donors (Lipinski definition) is 1. The number of rotatable bonds is 5. The molecule has 0 saturated heterocycles. The summed E-state index contributed by atoms with van der Waals surface area (Å²) in [6, 6.07) is 0. The van der Waals surface area contributed by atoms with Gasteiger partial charge < -0.3 is 14.7 Å². The predicted molar refractivity (Wildman–Crippen MR) is 54.1 cm³/mol. The number of hydrogen-bond acceptors (Lipinski definition) is 5. The second-order valence-electron chi connectivity index (χ2n) is 3.24. The van der Waals surface area contributed by atoms with E-state index >= 15 is 0 Å². The zero-order valence-corrected chi connectivity index (χ0v) is 9.28. The van der Waals surface area contributed by atoms with Crippen LogP contribution in [0.15, 0.2) is 4.52 Å². The molecule has 1 aromatic heterocycles. The summed E-state index contributed by atoms with van der Waals surface area (Å²) in [6.07, 6.45) is 0. The third-order valence-electron chi connectivity index (χ3n) is 2.03. The third kappa shape index (κ3) is 3.67. The van der Waals surface area contributed by atoms with Gasteiger partial charge in [0.15, 0.2) is 5.82 Å². The van der Waals surface area contributed by atoms with Crippen LogP contribution in [0.4, 0.5) is 0 Å². The molecule has 0 bridgehead atoms. The van der Waals surface area contributed by atoms with Gasteiger partial charge in [-0.15, -0.1) is 0 Å². The van der Waals surface area contributed by atoms with Crippen LogP contribution >= 0.6 is 0 Å². The molecule has 1 aromatic rings. The van der Waals surface area contributed by atoms with E-state index in [1.165, 1.54) is 0 Å². The molecule has 0 radical (unpaired) electrons. The molecule has 15 heavy (non-hydrogen) atoms. The van der Waals surface area contributed by atoms with E-state index in [-0.39, 0.29) is 12.5 Å². The zero-order chi connectivity index (χ0) is 11.3. The first kappa shape index (κ1) is 11.6. The number of carbonyl (C=O) groups is 1. The molecule has 0 aromatic carbocycles. The van der Waals surface area contributed by atoms with Crippen LogP contribution in [0.25, 0.3) is 0 Å². The smallest absolute Gasteiger partial charge is 0.236 e. The first-order chi connectivity index (χ1) is 7.13. The Kier molecular flexibility index (Phi) is 4.23. The maximum atomic E-state index is 11.4. The number of nitrogens with zero attached hydrogens (tertiary/aromatic N) is 3. The van der Waals surface area contributed by atoms with Gasteiger partial charge in [0.05, 0.1) is 13.1 Å². The second-order valence-corrected chi connectivity index (χ2v) is 3.24. The Morgan fingerprint density at radius 1 is 1.60 bits per heavy atom. The van der Waals surface area contributed by atoms with E-state index in [1.807, 2.05) is 6.92 Å². The Morgan fingerprint density at radius 3 is 2.87 bits per heavy atom. The lowest BCUT2D eigenvalue weighted by atomic mass is 10.5. The molecule has 0 unspecified atom stereocenters. The maximum absolute atomic E-state index is 11.4. The summed E-state index contributed by atoms with van der Waals surface area (Å²) in [5.41, 5.74) is 0. The number of amides is 1. The van der Waals surface area contributed by atoms with Gasteiger partial charge in [-0.2, -0.15) is 4.98 Å². The van der Waals surface area contributed by atoms with Crippen LogP contribution in [0.3, 0.4) is 0 Å². The minimum absolute atomic E-state index is 0.0534. The Hall–Kier alpha value is -1.43. The molecule has 0 aliphatic carbocycles. The topological polar surface area (TPSA) is 71.3 Å². The molecular weight excluding hydrogens is 196 g/mol. The van der Waals surface area contributed by atoms with Crippen LogP contribution in [0, 0.1) is 6.92 Å².